The van der Waals surface area contributed by atoms with Gasteiger partial charge in [-0.3, -0.25) is 4.90 Å². The van der Waals surface area contributed by atoms with Crippen LogP contribution in [0.5, 0.6) is 11.5 Å². The number of hydrogen-bond acceptors (Lipinski definition) is 5. The third-order valence-electron chi connectivity index (χ3n) is 5.17. The van der Waals surface area contributed by atoms with Crippen LogP contribution in [-0.4, -0.2) is 47.7 Å². The highest BCUT2D eigenvalue weighted by Crippen LogP contribution is 2.26. The van der Waals surface area contributed by atoms with Gasteiger partial charge in [0.1, 0.15) is 35.7 Å². The summed E-state index contributed by atoms with van der Waals surface area (Å²) < 4.78 is 24.6. The normalized spacial score (nSPS) is 19.7. The van der Waals surface area contributed by atoms with E-state index in [-0.39, 0.29) is 17.9 Å². The Kier molecular flexibility index (Phi) is 6.91. The molecule has 0 bridgehead atoms. The van der Waals surface area contributed by atoms with Gasteiger partial charge >= 0.3 is 0 Å². The van der Waals surface area contributed by atoms with Gasteiger partial charge < -0.3 is 14.4 Å². The highest BCUT2D eigenvalue weighted by Gasteiger charge is 2.34. The summed E-state index contributed by atoms with van der Waals surface area (Å²) in [5, 5.41) is 0. The van der Waals surface area contributed by atoms with Gasteiger partial charge in [-0.2, -0.15) is 0 Å². The summed E-state index contributed by atoms with van der Waals surface area (Å²) >= 11 is 0. The minimum atomic E-state index is -0.267. The number of rotatable bonds is 7. The van der Waals surface area contributed by atoms with Crippen molar-refractivity contribution in [2.45, 2.75) is 39.4 Å². The van der Waals surface area contributed by atoms with E-state index >= 15 is 0 Å². The molecule has 0 aromatic heterocycles. The molecule has 0 spiro atoms. The molecule has 0 radical (unpaired) electrons. The third kappa shape index (κ3) is 5.17. The molecule has 5 nitrogen and oxygen atoms in total. The van der Waals surface area contributed by atoms with Crippen molar-refractivity contribution >= 4 is 5.94 Å². The minimum Gasteiger partial charge on any atom is -0.494 e. The number of ether oxygens (including phenoxy) is 2. The van der Waals surface area contributed by atoms with Gasteiger partial charge in [0, 0.05) is 25.2 Å². The van der Waals surface area contributed by atoms with Crippen molar-refractivity contribution in [3.05, 3.63) is 65.6 Å². The number of benzene rings is 2. The lowest BCUT2D eigenvalue weighted by Gasteiger charge is -2.45. The fraction of sp³-hybridized carbons (Fsp3) is 0.391. The van der Waals surface area contributed by atoms with Crippen LogP contribution in [0.15, 0.2) is 54.2 Å². The first-order valence-corrected chi connectivity index (χ1v) is 9.87. The second-order valence-electron chi connectivity index (χ2n) is 7.22. The highest BCUT2D eigenvalue weighted by atomic mass is 19.1. The van der Waals surface area contributed by atoms with E-state index in [2.05, 4.69) is 17.8 Å². The minimum absolute atomic E-state index is 0.0889. The van der Waals surface area contributed by atoms with Crippen LogP contribution in [0.2, 0.25) is 0 Å². The van der Waals surface area contributed by atoms with E-state index in [0.717, 1.165) is 23.6 Å². The van der Waals surface area contributed by atoms with Crippen molar-refractivity contribution in [1.82, 2.24) is 9.80 Å². The van der Waals surface area contributed by atoms with E-state index in [1.54, 1.807) is 12.1 Å². The molecule has 154 valence electrons. The maximum atomic E-state index is 13.2. The van der Waals surface area contributed by atoms with Crippen molar-refractivity contribution in [1.29, 1.82) is 0 Å². The molecule has 6 heteroatoms. The summed E-state index contributed by atoms with van der Waals surface area (Å²) in [6, 6.07) is 13.8. The number of carbonyl (C=O) groups excluding carboxylic acids is 1. The van der Waals surface area contributed by atoms with Crippen LogP contribution in [0.4, 0.5) is 4.39 Å². The van der Waals surface area contributed by atoms with E-state index in [1.165, 1.54) is 12.1 Å². The monoisotopic (exact) mass is 398 g/mol. The van der Waals surface area contributed by atoms with Crippen LogP contribution < -0.4 is 9.47 Å². The van der Waals surface area contributed by atoms with E-state index in [1.807, 2.05) is 43.0 Å². The zero-order chi connectivity index (χ0) is 20.8. The van der Waals surface area contributed by atoms with Crippen molar-refractivity contribution < 1.29 is 18.7 Å². The van der Waals surface area contributed by atoms with Gasteiger partial charge in [0.05, 0.1) is 12.6 Å². The summed E-state index contributed by atoms with van der Waals surface area (Å²) in [6.45, 7) is 8.22. The second-order valence-corrected chi connectivity index (χ2v) is 7.22. The Morgan fingerprint density at radius 3 is 2.45 bits per heavy atom. The molecule has 0 amide bonds. The van der Waals surface area contributed by atoms with Gasteiger partial charge in [-0.25, -0.2) is 9.18 Å². The number of hydrogen-bond donors (Lipinski definition) is 0. The standard InChI is InChI=1S/C23H27FN2O3/c1-4-28-21-6-5-7-22(12-21)29-16-25-13-17(2)26(23(15-27)18(25)3)14-19-8-10-20(24)11-9-19/h5-12,17-18H,4,13-14,16H2,1-3H3/t17-,18+/m1/s1. The highest BCUT2D eigenvalue weighted by molar-refractivity contribution is 5.54. The van der Waals surface area contributed by atoms with Crippen molar-refractivity contribution in [2.24, 2.45) is 0 Å². The summed E-state index contributed by atoms with van der Waals surface area (Å²) in [5.74, 6) is 3.35. The van der Waals surface area contributed by atoms with Crippen molar-refractivity contribution in [2.75, 3.05) is 19.9 Å². The zero-order valence-electron chi connectivity index (χ0n) is 17.1. The Hall–Kier alpha value is -2.82. The fourth-order valence-corrected chi connectivity index (χ4v) is 3.56. The van der Waals surface area contributed by atoms with Crippen LogP contribution in [0.1, 0.15) is 26.3 Å². The maximum Gasteiger partial charge on any atom is 0.147 e. The molecule has 1 aliphatic heterocycles. The topological polar surface area (TPSA) is 42.0 Å². The molecule has 0 aliphatic carbocycles. The Bertz CT molecular complexity index is 865. The molecule has 0 N–H and O–H groups in total. The van der Waals surface area contributed by atoms with E-state index in [0.29, 0.717) is 25.6 Å². The molecule has 1 aliphatic rings. The first kappa shape index (κ1) is 20.9. The molecule has 2 aromatic carbocycles. The van der Waals surface area contributed by atoms with Gasteiger partial charge in [0.25, 0.3) is 0 Å². The molecule has 1 heterocycles. The van der Waals surface area contributed by atoms with Gasteiger partial charge in [0.15, 0.2) is 0 Å². The largest absolute Gasteiger partial charge is 0.494 e. The van der Waals surface area contributed by atoms with Gasteiger partial charge in [-0.15, -0.1) is 0 Å². The first-order valence-electron chi connectivity index (χ1n) is 9.87. The van der Waals surface area contributed by atoms with Crippen LogP contribution in [0, 0.1) is 5.82 Å². The summed E-state index contributed by atoms with van der Waals surface area (Å²) in [4.78, 5) is 15.9. The fourth-order valence-electron chi connectivity index (χ4n) is 3.56. The SMILES string of the molecule is CCOc1cccc(OCN2C[C@@H](C)N(Cc3ccc(F)cc3)C(=C=O)[C@@H]2C)c1. The Labute approximate surface area is 171 Å². The van der Waals surface area contributed by atoms with Crippen LogP contribution >= 0.6 is 0 Å². The Balaban J connectivity index is 1.67. The lowest BCUT2D eigenvalue weighted by Crippen LogP contribution is -2.55. The number of halogens is 1. The Morgan fingerprint density at radius 1 is 1.10 bits per heavy atom. The molecule has 2 atom stereocenters. The molecular weight excluding hydrogens is 371 g/mol. The molecule has 2 aromatic rings. The predicted molar refractivity (Wildman–Crippen MR) is 110 cm³/mol. The molecule has 0 unspecified atom stereocenters. The molecule has 29 heavy (non-hydrogen) atoms. The van der Waals surface area contributed by atoms with Crippen LogP contribution in [0.3, 0.4) is 0 Å². The first-order chi connectivity index (χ1) is 14.0. The lowest BCUT2D eigenvalue weighted by molar-refractivity contribution is 0.0285. The molecule has 3 rings (SSSR count). The van der Waals surface area contributed by atoms with Crippen molar-refractivity contribution in [3.63, 3.8) is 0 Å². The van der Waals surface area contributed by atoms with Crippen LogP contribution in [-0.2, 0) is 11.3 Å². The summed E-state index contributed by atoms with van der Waals surface area (Å²) in [6.07, 6.45) is 0. The van der Waals surface area contributed by atoms with Gasteiger partial charge in [-0.05, 0) is 50.6 Å². The smallest absolute Gasteiger partial charge is 0.147 e. The lowest BCUT2D eigenvalue weighted by atomic mass is 10.0. The maximum absolute atomic E-state index is 13.2. The zero-order valence-corrected chi connectivity index (χ0v) is 17.1. The third-order valence-corrected chi connectivity index (χ3v) is 5.17. The average molecular weight is 398 g/mol. The van der Waals surface area contributed by atoms with Crippen LogP contribution in [0.25, 0.3) is 0 Å². The molecule has 1 fully saturated rings. The summed E-state index contributed by atoms with van der Waals surface area (Å²) in [7, 11) is 0. The number of nitrogens with zero attached hydrogens (tertiary/aromatic N) is 2. The average Bonchev–Trinajstić information content (AvgIpc) is 2.72. The number of piperazine rings is 1. The summed E-state index contributed by atoms with van der Waals surface area (Å²) in [5.41, 5.74) is 1.54. The van der Waals surface area contributed by atoms with E-state index in [4.69, 9.17) is 9.47 Å². The molecular formula is C23H27FN2O3. The van der Waals surface area contributed by atoms with E-state index < -0.39 is 0 Å². The molecule has 1 saturated heterocycles. The quantitative estimate of drug-likeness (QED) is 0.663. The predicted octanol–water partition coefficient (Wildman–Crippen LogP) is 3.87. The molecule has 0 saturated carbocycles. The van der Waals surface area contributed by atoms with E-state index in [9.17, 15) is 9.18 Å². The second kappa shape index (κ2) is 9.59. The van der Waals surface area contributed by atoms with Gasteiger partial charge in [0.2, 0.25) is 0 Å². The Morgan fingerprint density at radius 2 is 1.79 bits per heavy atom. The van der Waals surface area contributed by atoms with Crippen molar-refractivity contribution in [3.8, 4) is 11.5 Å². The van der Waals surface area contributed by atoms with Gasteiger partial charge in [-0.1, -0.05) is 18.2 Å².